The van der Waals surface area contributed by atoms with Crippen LogP contribution in [0.1, 0.15) is 73.6 Å². The second-order valence-corrected chi connectivity index (χ2v) is 17.3. The van der Waals surface area contributed by atoms with E-state index in [0.717, 1.165) is 25.7 Å². The van der Waals surface area contributed by atoms with Gasteiger partial charge < -0.3 is 9.16 Å². The van der Waals surface area contributed by atoms with Crippen LogP contribution in [0.5, 0.6) is 0 Å². The molecule has 3 aliphatic carbocycles. The molecule has 0 heterocycles. The molecular formula is C27H46O4Si. The minimum atomic E-state index is -1.93. The minimum absolute atomic E-state index is 0.0638. The molecule has 3 aliphatic rings. The molecule has 0 bridgehead atoms. The number of ether oxygens (including phenoxy) is 1. The number of hydrogen-bond donors (Lipinski definition) is 0. The van der Waals surface area contributed by atoms with Crippen LogP contribution in [0.2, 0.25) is 18.1 Å². The zero-order chi connectivity index (χ0) is 24.1. The van der Waals surface area contributed by atoms with Crippen LogP contribution in [0, 0.1) is 40.9 Å². The van der Waals surface area contributed by atoms with Crippen molar-refractivity contribution >= 4 is 20.1 Å². The monoisotopic (exact) mass is 462 g/mol. The van der Waals surface area contributed by atoms with E-state index in [0.29, 0.717) is 30.1 Å². The summed E-state index contributed by atoms with van der Waals surface area (Å²) < 4.78 is 12.5. The molecule has 0 amide bonds. The third kappa shape index (κ3) is 4.29. The standard InChI is InChI=1S/C27H46O4Si/c1-10-23(31-32(8,9)26(3,4)5)21-15-17(2)27(6,25(29)30-7)22-14-11-18-16-19(28)12-13-20(18)24(21)22/h12-13,17-18,20-24H,10-11,14-16H2,1-9H3/t17-,18-,20-,21+,22+,23?,24-,27-/m1/s1. The van der Waals surface area contributed by atoms with E-state index in [1.165, 1.54) is 7.11 Å². The molecular weight excluding hydrogens is 416 g/mol. The predicted molar refractivity (Wildman–Crippen MR) is 132 cm³/mol. The van der Waals surface area contributed by atoms with Gasteiger partial charge in [-0.1, -0.05) is 40.7 Å². The maximum absolute atomic E-state index is 13.2. The Morgan fingerprint density at radius 1 is 1.28 bits per heavy atom. The van der Waals surface area contributed by atoms with Crippen molar-refractivity contribution in [2.45, 2.75) is 97.9 Å². The molecule has 0 radical (unpaired) electrons. The summed E-state index contributed by atoms with van der Waals surface area (Å²) in [6.07, 6.45) is 8.83. The van der Waals surface area contributed by atoms with Crippen molar-refractivity contribution < 1.29 is 18.8 Å². The van der Waals surface area contributed by atoms with Crippen LogP contribution in [0.3, 0.4) is 0 Å². The van der Waals surface area contributed by atoms with Crippen LogP contribution < -0.4 is 0 Å². The second-order valence-electron chi connectivity index (χ2n) is 12.5. The Hall–Kier alpha value is -0.943. The Balaban J connectivity index is 2.04. The van der Waals surface area contributed by atoms with Crippen molar-refractivity contribution in [2.75, 3.05) is 7.11 Å². The zero-order valence-corrected chi connectivity index (χ0v) is 22.9. The molecule has 0 aromatic heterocycles. The highest BCUT2D eigenvalue weighted by atomic mass is 28.4. The fourth-order valence-corrected chi connectivity index (χ4v) is 8.34. The van der Waals surface area contributed by atoms with Crippen molar-refractivity contribution in [2.24, 2.45) is 40.9 Å². The van der Waals surface area contributed by atoms with Crippen molar-refractivity contribution in [3.8, 4) is 0 Å². The Labute approximate surface area is 197 Å². The smallest absolute Gasteiger partial charge is 0.312 e. The Bertz CT molecular complexity index is 751. The number of carbonyl (C=O) groups excluding carboxylic acids is 2. The average Bonchev–Trinajstić information content (AvgIpc) is 2.72. The molecule has 0 spiro atoms. The van der Waals surface area contributed by atoms with Gasteiger partial charge in [-0.25, -0.2) is 0 Å². The fourth-order valence-electron chi connectivity index (χ4n) is 6.89. The van der Waals surface area contributed by atoms with E-state index in [4.69, 9.17) is 9.16 Å². The molecule has 8 atom stereocenters. The summed E-state index contributed by atoms with van der Waals surface area (Å²) in [4.78, 5) is 25.4. The van der Waals surface area contributed by atoms with E-state index in [-0.39, 0.29) is 34.7 Å². The van der Waals surface area contributed by atoms with E-state index in [2.05, 4.69) is 60.7 Å². The first-order chi connectivity index (χ1) is 14.8. The third-order valence-electron chi connectivity index (χ3n) is 9.94. The van der Waals surface area contributed by atoms with Crippen LogP contribution in [0.15, 0.2) is 12.2 Å². The molecule has 182 valence electrons. The largest absolute Gasteiger partial charge is 0.469 e. The number of allylic oxidation sites excluding steroid dienone is 2. The number of fused-ring (bicyclic) bond motifs is 3. The topological polar surface area (TPSA) is 52.6 Å². The van der Waals surface area contributed by atoms with Crippen LogP contribution in [0.4, 0.5) is 0 Å². The lowest BCUT2D eigenvalue weighted by Gasteiger charge is -2.59. The minimum Gasteiger partial charge on any atom is -0.469 e. The van der Waals surface area contributed by atoms with Crippen molar-refractivity contribution in [3.63, 3.8) is 0 Å². The van der Waals surface area contributed by atoms with Crippen LogP contribution in [0.25, 0.3) is 0 Å². The maximum Gasteiger partial charge on any atom is 0.312 e. The van der Waals surface area contributed by atoms with Gasteiger partial charge in [-0.05, 0) is 92.3 Å². The molecule has 3 rings (SSSR count). The second kappa shape index (κ2) is 9.01. The number of hydrogen-bond acceptors (Lipinski definition) is 4. The molecule has 1 unspecified atom stereocenters. The van der Waals surface area contributed by atoms with Gasteiger partial charge in [-0.15, -0.1) is 0 Å². The lowest BCUT2D eigenvalue weighted by atomic mass is 9.46. The first kappa shape index (κ1) is 25.7. The average molecular weight is 463 g/mol. The van der Waals surface area contributed by atoms with Gasteiger partial charge >= 0.3 is 5.97 Å². The van der Waals surface area contributed by atoms with Crippen LogP contribution in [-0.2, 0) is 18.8 Å². The molecule has 0 N–H and O–H groups in total. The van der Waals surface area contributed by atoms with E-state index >= 15 is 0 Å². The molecule has 2 fully saturated rings. The normalized spacial score (nSPS) is 38.6. The highest BCUT2D eigenvalue weighted by Crippen LogP contribution is 2.61. The summed E-state index contributed by atoms with van der Waals surface area (Å²) in [5.41, 5.74) is -0.481. The van der Waals surface area contributed by atoms with Gasteiger partial charge in [0.1, 0.15) is 0 Å². The van der Waals surface area contributed by atoms with Gasteiger partial charge in [0.2, 0.25) is 0 Å². The number of carbonyl (C=O) groups is 2. The lowest BCUT2D eigenvalue weighted by Crippen LogP contribution is -2.59. The summed E-state index contributed by atoms with van der Waals surface area (Å²) >= 11 is 0. The molecule has 5 heteroatoms. The number of methoxy groups -OCH3 is 1. The number of rotatable bonds is 5. The summed E-state index contributed by atoms with van der Waals surface area (Å²) in [7, 11) is -0.405. The van der Waals surface area contributed by atoms with Gasteiger partial charge in [-0.3, -0.25) is 9.59 Å². The summed E-state index contributed by atoms with van der Waals surface area (Å²) in [5, 5.41) is 0.160. The highest BCUT2D eigenvalue weighted by molar-refractivity contribution is 6.74. The summed E-state index contributed by atoms with van der Waals surface area (Å²) in [5.74, 6) is 2.20. The molecule has 32 heavy (non-hydrogen) atoms. The fraction of sp³-hybridized carbons (Fsp3) is 0.852. The molecule has 0 aromatic rings. The first-order valence-electron chi connectivity index (χ1n) is 12.7. The molecule has 4 nitrogen and oxygen atoms in total. The SMILES string of the molecule is CCC(O[Si](C)(C)C(C)(C)C)[C@@H]1C[C@@H](C)[C@@](C)(C(=O)OC)[C@H]2CC[C@@H]3CC(=O)C=C[C@H]3[C@H]12. The molecule has 2 saturated carbocycles. The van der Waals surface area contributed by atoms with Gasteiger partial charge in [0, 0.05) is 12.5 Å². The maximum atomic E-state index is 13.2. The van der Waals surface area contributed by atoms with E-state index in [1.807, 2.05) is 6.08 Å². The molecule has 0 aliphatic heterocycles. The summed E-state index contributed by atoms with van der Waals surface area (Å²) in [6.45, 7) is 18.3. The van der Waals surface area contributed by atoms with Crippen LogP contribution in [-0.4, -0.2) is 33.3 Å². The Morgan fingerprint density at radius 3 is 2.50 bits per heavy atom. The lowest BCUT2D eigenvalue weighted by molar-refractivity contribution is -0.178. The van der Waals surface area contributed by atoms with Gasteiger partial charge in [0.05, 0.1) is 12.5 Å². The van der Waals surface area contributed by atoms with Crippen LogP contribution >= 0.6 is 0 Å². The zero-order valence-electron chi connectivity index (χ0n) is 21.9. The Morgan fingerprint density at radius 2 is 1.94 bits per heavy atom. The first-order valence-corrected chi connectivity index (χ1v) is 15.7. The highest BCUT2D eigenvalue weighted by Gasteiger charge is 2.60. The third-order valence-corrected chi connectivity index (χ3v) is 14.4. The number of ketones is 1. The van der Waals surface area contributed by atoms with Gasteiger partial charge in [0.15, 0.2) is 14.1 Å². The van der Waals surface area contributed by atoms with Crippen molar-refractivity contribution in [1.82, 2.24) is 0 Å². The summed E-state index contributed by atoms with van der Waals surface area (Å²) in [6, 6.07) is 0. The predicted octanol–water partition coefficient (Wildman–Crippen LogP) is 6.41. The molecule has 0 saturated heterocycles. The van der Waals surface area contributed by atoms with Gasteiger partial charge in [-0.2, -0.15) is 0 Å². The molecule has 0 aromatic carbocycles. The Kier molecular flexibility index (Phi) is 7.23. The van der Waals surface area contributed by atoms with E-state index in [1.54, 1.807) is 0 Å². The van der Waals surface area contributed by atoms with Crippen molar-refractivity contribution in [3.05, 3.63) is 12.2 Å². The quantitative estimate of drug-likeness (QED) is 0.350. The van der Waals surface area contributed by atoms with E-state index < -0.39 is 13.7 Å². The number of esters is 1. The van der Waals surface area contributed by atoms with Gasteiger partial charge in [0.25, 0.3) is 0 Å². The van der Waals surface area contributed by atoms with E-state index in [9.17, 15) is 9.59 Å². The van der Waals surface area contributed by atoms with Crippen molar-refractivity contribution in [1.29, 1.82) is 0 Å².